The van der Waals surface area contributed by atoms with E-state index in [1.807, 2.05) is 0 Å². The molecule has 0 heterocycles. The molecule has 1 N–H and O–H groups in total. The number of methoxy groups -OCH3 is 1. The Kier molecular flexibility index (Phi) is 5.67. The maximum Gasteiger partial charge on any atom is 0.0661 e. The first-order valence-corrected chi connectivity index (χ1v) is 8.09. The largest absolute Gasteiger partial charge is 0.385 e. The van der Waals surface area contributed by atoms with Crippen LogP contribution in [0.2, 0.25) is 0 Å². The predicted octanol–water partition coefficient (Wildman–Crippen LogP) is 3.13. The van der Waals surface area contributed by atoms with E-state index in [1.54, 1.807) is 7.11 Å². The van der Waals surface area contributed by atoms with Crippen molar-refractivity contribution in [3.63, 3.8) is 0 Å². The second-order valence-corrected chi connectivity index (χ2v) is 6.38. The van der Waals surface area contributed by atoms with Gasteiger partial charge in [-0.25, -0.2) is 0 Å². The van der Waals surface area contributed by atoms with Crippen molar-refractivity contribution in [3.05, 3.63) is 0 Å². The van der Waals surface area contributed by atoms with Crippen molar-refractivity contribution < 1.29 is 9.47 Å². The van der Waals surface area contributed by atoms with Crippen molar-refractivity contribution in [1.82, 2.24) is 5.32 Å². The summed E-state index contributed by atoms with van der Waals surface area (Å²) in [4.78, 5) is 0. The lowest BCUT2D eigenvalue weighted by atomic mass is 9.55. The molecule has 3 nitrogen and oxygen atoms in total. The van der Waals surface area contributed by atoms with Crippen LogP contribution in [0.15, 0.2) is 0 Å². The first kappa shape index (κ1) is 15.3. The summed E-state index contributed by atoms with van der Waals surface area (Å²) in [5.74, 6) is 0. The normalized spacial score (nSPS) is 31.1. The number of ether oxygens (including phenoxy) is 2. The van der Waals surface area contributed by atoms with Crippen LogP contribution in [0.5, 0.6) is 0 Å². The molecule has 0 bridgehead atoms. The van der Waals surface area contributed by atoms with Crippen LogP contribution in [0.25, 0.3) is 0 Å². The summed E-state index contributed by atoms with van der Waals surface area (Å²) in [5, 5.41) is 3.84. The molecule has 0 radical (unpaired) electrons. The van der Waals surface area contributed by atoms with E-state index < -0.39 is 0 Å². The SMILES string of the molecule is CCOC1CC(NC(C)CCOC)C12CCCCC2. The van der Waals surface area contributed by atoms with Gasteiger partial charge in [0.05, 0.1) is 6.10 Å². The van der Waals surface area contributed by atoms with Gasteiger partial charge in [-0.2, -0.15) is 0 Å². The molecule has 0 aromatic heterocycles. The maximum atomic E-state index is 6.00. The monoisotopic (exact) mass is 269 g/mol. The third-order valence-corrected chi connectivity index (χ3v) is 5.18. The Morgan fingerprint density at radius 2 is 2.00 bits per heavy atom. The summed E-state index contributed by atoms with van der Waals surface area (Å²) >= 11 is 0. The zero-order chi connectivity index (χ0) is 13.7. The predicted molar refractivity (Wildman–Crippen MR) is 78.4 cm³/mol. The average molecular weight is 269 g/mol. The average Bonchev–Trinajstić information content (AvgIpc) is 2.45. The van der Waals surface area contributed by atoms with Gasteiger partial charge < -0.3 is 14.8 Å². The molecular weight excluding hydrogens is 238 g/mol. The molecule has 3 atom stereocenters. The van der Waals surface area contributed by atoms with Crippen LogP contribution in [-0.4, -0.2) is 38.5 Å². The molecule has 0 aromatic carbocycles. The summed E-state index contributed by atoms with van der Waals surface area (Å²) in [7, 11) is 1.78. The van der Waals surface area contributed by atoms with Gasteiger partial charge in [0.25, 0.3) is 0 Å². The van der Waals surface area contributed by atoms with Crippen LogP contribution in [0.3, 0.4) is 0 Å². The smallest absolute Gasteiger partial charge is 0.0661 e. The van der Waals surface area contributed by atoms with Gasteiger partial charge >= 0.3 is 0 Å². The minimum atomic E-state index is 0.440. The molecule has 2 rings (SSSR count). The summed E-state index contributed by atoms with van der Waals surface area (Å²) < 4.78 is 11.2. The molecule has 2 aliphatic carbocycles. The fourth-order valence-corrected chi connectivity index (χ4v) is 4.02. The second kappa shape index (κ2) is 7.05. The molecule has 0 amide bonds. The fourth-order valence-electron chi connectivity index (χ4n) is 4.02. The van der Waals surface area contributed by atoms with Crippen LogP contribution in [-0.2, 0) is 9.47 Å². The van der Waals surface area contributed by atoms with Crippen molar-refractivity contribution >= 4 is 0 Å². The van der Waals surface area contributed by atoms with E-state index >= 15 is 0 Å². The Hall–Kier alpha value is -0.120. The second-order valence-electron chi connectivity index (χ2n) is 6.38. The Morgan fingerprint density at radius 3 is 2.63 bits per heavy atom. The Balaban J connectivity index is 1.89. The fraction of sp³-hybridized carbons (Fsp3) is 1.00. The van der Waals surface area contributed by atoms with Crippen LogP contribution < -0.4 is 5.32 Å². The van der Waals surface area contributed by atoms with Crippen molar-refractivity contribution in [1.29, 1.82) is 0 Å². The number of nitrogens with one attached hydrogen (secondary N) is 1. The zero-order valence-electron chi connectivity index (χ0n) is 12.9. The van der Waals surface area contributed by atoms with E-state index in [-0.39, 0.29) is 0 Å². The molecule has 112 valence electrons. The van der Waals surface area contributed by atoms with E-state index in [4.69, 9.17) is 9.47 Å². The van der Waals surface area contributed by atoms with Crippen LogP contribution in [0.1, 0.15) is 58.8 Å². The highest BCUT2D eigenvalue weighted by molar-refractivity contribution is 5.09. The van der Waals surface area contributed by atoms with Gasteiger partial charge in [0.2, 0.25) is 0 Å². The Morgan fingerprint density at radius 1 is 1.26 bits per heavy atom. The van der Waals surface area contributed by atoms with E-state index in [9.17, 15) is 0 Å². The highest BCUT2D eigenvalue weighted by Crippen LogP contribution is 2.53. The molecule has 0 saturated heterocycles. The molecule has 2 fully saturated rings. The standard InChI is InChI=1S/C16H31NO2/c1-4-19-15-12-14(17-13(2)8-11-18-3)16(15)9-6-5-7-10-16/h13-15,17H,4-12H2,1-3H3. The van der Waals surface area contributed by atoms with Gasteiger partial charge in [0.15, 0.2) is 0 Å². The number of hydrogen-bond acceptors (Lipinski definition) is 3. The molecule has 19 heavy (non-hydrogen) atoms. The first-order chi connectivity index (χ1) is 9.23. The highest BCUT2D eigenvalue weighted by atomic mass is 16.5. The van der Waals surface area contributed by atoms with Gasteiger partial charge in [0, 0.05) is 37.8 Å². The third-order valence-electron chi connectivity index (χ3n) is 5.18. The molecule has 2 saturated carbocycles. The molecule has 3 heteroatoms. The van der Waals surface area contributed by atoms with Crippen molar-refractivity contribution in [3.8, 4) is 0 Å². The molecule has 0 aliphatic heterocycles. The number of rotatable bonds is 7. The van der Waals surface area contributed by atoms with Gasteiger partial charge in [0.1, 0.15) is 0 Å². The minimum absolute atomic E-state index is 0.440. The quantitative estimate of drug-likeness (QED) is 0.770. The van der Waals surface area contributed by atoms with Crippen LogP contribution >= 0.6 is 0 Å². The zero-order valence-corrected chi connectivity index (χ0v) is 12.9. The topological polar surface area (TPSA) is 30.5 Å². The maximum absolute atomic E-state index is 6.00. The van der Waals surface area contributed by atoms with Crippen LogP contribution in [0, 0.1) is 5.41 Å². The lowest BCUT2D eigenvalue weighted by molar-refractivity contribution is -0.152. The van der Waals surface area contributed by atoms with E-state index in [1.165, 1.54) is 38.5 Å². The lowest BCUT2D eigenvalue weighted by Gasteiger charge is -2.58. The van der Waals surface area contributed by atoms with E-state index in [0.29, 0.717) is 23.6 Å². The van der Waals surface area contributed by atoms with Crippen molar-refractivity contribution in [2.75, 3.05) is 20.3 Å². The Bertz CT molecular complexity index is 263. The molecule has 1 spiro atoms. The van der Waals surface area contributed by atoms with Gasteiger partial charge in [-0.05, 0) is 39.5 Å². The summed E-state index contributed by atoms with van der Waals surface area (Å²) in [5.41, 5.74) is 0.440. The number of hydrogen-bond donors (Lipinski definition) is 1. The Labute approximate surface area is 118 Å². The summed E-state index contributed by atoms with van der Waals surface area (Å²) in [6.07, 6.45) is 9.69. The first-order valence-electron chi connectivity index (χ1n) is 8.09. The van der Waals surface area contributed by atoms with E-state index in [0.717, 1.165) is 19.6 Å². The molecule has 3 unspecified atom stereocenters. The van der Waals surface area contributed by atoms with Gasteiger partial charge in [-0.3, -0.25) is 0 Å². The third kappa shape index (κ3) is 3.32. The molecular formula is C16H31NO2. The molecule has 2 aliphatic rings. The van der Waals surface area contributed by atoms with Gasteiger partial charge in [-0.1, -0.05) is 19.3 Å². The lowest BCUT2D eigenvalue weighted by Crippen LogP contribution is -2.65. The van der Waals surface area contributed by atoms with Crippen molar-refractivity contribution in [2.24, 2.45) is 5.41 Å². The van der Waals surface area contributed by atoms with Gasteiger partial charge in [-0.15, -0.1) is 0 Å². The summed E-state index contributed by atoms with van der Waals surface area (Å²) in [6.45, 7) is 6.11. The van der Waals surface area contributed by atoms with Crippen molar-refractivity contribution in [2.45, 2.75) is 77.0 Å². The van der Waals surface area contributed by atoms with Crippen LogP contribution in [0.4, 0.5) is 0 Å². The minimum Gasteiger partial charge on any atom is -0.385 e. The van der Waals surface area contributed by atoms with E-state index in [2.05, 4.69) is 19.2 Å². The summed E-state index contributed by atoms with van der Waals surface area (Å²) in [6, 6.07) is 1.21. The highest BCUT2D eigenvalue weighted by Gasteiger charge is 2.55. The molecule has 0 aromatic rings.